The molecule has 0 saturated heterocycles. The first kappa shape index (κ1) is 15.6. The largest absolute Gasteiger partial charge is 0.496 e. The van der Waals surface area contributed by atoms with Crippen LogP contribution < -0.4 is 4.74 Å². The minimum Gasteiger partial charge on any atom is -0.496 e. The highest BCUT2D eigenvalue weighted by Gasteiger charge is 2.21. The molecule has 0 saturated carbocycles. The van der Waals surface area contributed by atoms with E-state index in [2.05, 4.69) is 67.9 Å². The van der Waals surface area contributed by atoms with Crippen LogP contribution in [0.4, 0.5) is 0 Å². The predicted octanol–water partition coefficient (Wildman–Crippen LogP) is 5.85. The van der Waals surface area contributed by atoms with Crippen molar-refractivity contribution in [2.75, 3.05) is 7.11 Å². The third-order valence-corrected chi connectivity index (χ3v) is 6.14. The van der Waals surface area contributed by atoms with Gasteiger partial charge in [0.1, 0.15) is 5.75 Å². The number of rotatable bonds is 3. The number of thiophene rings is 1. The van der Waals surface area contributed by atoms with E-state index < -0.39 is 0 Å². The maximum absolute atomic E-state index is 5.49. The Morgan fingerprint density at radius 1 is 1.15 bits per heavy atom. The minimum atomic E-state index is 0.179. The molecule has 2 rings (SSSR count). The highest BCUT2D eigenvalue weighted by molar-refractivity contribution is 9.09. The summed E-state index contributed by atoms with van der Waals surface area (Å²) in [5.74, 6) is 0.934. The van der Waals surface area contributed by atoms with E-state index in [1.54, 1.807) is 7.11 Å². The number of methoxy groups -OCH3 is 1. The molecule has 1 aromatic carbocycles. The Kier molecular flexibility index (Phi) is 4.60. The van der Waals surface area contributed by atoms with Crippen LogP contribution >= 0.6 is 27.3 Å². The molecule has 0 radical (unpaired) electrons. The third kappa shape index (κ3) is 3.26. The Bertz CT molecular complexity index is 595. The normalized spacial score (nSPS) is 13.3. The van der Waals surface area contributed by atoms with Gasteiger partial charge in [-0.05, 0) is 30.5 Å². The molecule has 0 aliphatic heterocycles. The molecule has 108 valence electrons. The second-order valence-corrected chi connectivity index (χ2v) is 8.09. The van der Waals surface area contributed by atoms with E-state index in [9.17, 15) is 0 Å². The molecule has 0 aliphatic carbocycles. The number of halogens is 1. The van der Waals surface area contributed by atoms with E-state index in [-0.39, 0.29) is 10.2 Å². The van der Waals surface area contributed by atoms with Gasteiger partial charge in [0, 0.05) is 15.3 Å². The van der Waals surface area contributed by atoms with Crippen LogP contribution in [0.2, 0.25) is 0 Å². The molecule has 0 bridgehead atoms. The molecule has 0 amide bonds. The lowest BCUT2D eigenvalue weighted by Gasteiger charge is -2.16. The first-order valence-corrected chi connectivity index (χ1v) is 8.45. The number of aryl methyl sites for hydroxylation is 1. The maximum atomic E-state index is 5.49. The number of hydrogen-bond donors (Lipinski definition) is 0. The van der Waals surface area contributed by atoms with Crippen LogP contribution in [0.3, 0.4) is 0 Å². The van der Waals surface area contributed by atoms with Crippen LogP contribution in [0.5, 0.6) is 5.75 Å². The molecule has 0 spiro atoms. The zero-order valence-electron chi connectivity index (χ0n) is 12.7. The van der Waals surface area contributed by atoms with Gasteiger partial charge in [-0.15, -0.1) is 11.3 Å². The van der Waals surface area contributed by atoms with Gasteiger partial charge in [0.15, 0.2) is 0 Å². The van der Waals surface area contributed by atoms with Crippen LogP contribution in [0, 0.1) is 6.92 Å². The van der Waals surface area contributed by atoms with Gasteiger partial charge in [-0.1, -0.05) is 54.4 Å². The van der Waals surface area contributed by atoms with Gasteiger partial charge in [0.2, 0.25) is 0 Å². The lowest BCUT2D eigenvalue weighted by atomic mass is 9.95. The molecule has 1 nitrogen and oxygen atoms in total. The SMILES string of the molecule is COc1ccc(C)cc1C(Br)c1ccc(C(C)(C)C)s1. The van der Waals surface area contributed by atoms with Gasteiger partial charge in [-0.2, -0.15) is 0 Å². The molecule has 2 aromatic rings. The maximum Gasteiger partial charge on any atom is 0.123 e. The van der Waals surface area contributed by atoms with Crippen LogP contribution in [0.15, 0.2) is 30.3 Å². The fourth-order valence-corrected chi connectivity index (χ4v) is 3.95. The van der Waals surface area contributed by atoms with Gasteiger partial charge in [0.05, 0.1) is 11.9 Å². The highest BCUT2D eigenvalue weighted by atomic mass is 79.9. The highest BCUT2D eigenvalue weighted by Crippen LogP contribution is 2.42. The van der Waals surface area contributed by atoms with Gasteiger partial charge >= 0.3 is 0 Å². The van der Waals surface area contributed by atoms with Crippen molar-refractivity contribution in [2.24, 2.45) is 0 Å². The van der Waals surface area contributed by atoms with Crippen molar-refractivity contribution in [2.45, 2.75) is 37.9 Å². The van der Waals surface area contributed by atoms with Crippen molar-refractivity contribution < 1.29 is 4.74 Å². The zero-order chi connectivity index (χ0) is 14.9. The Balaban J connectivity index is 2.38. The van der Waals surface area contributed by atoms with Gasteiger partial charge in [-0.3, -0.25) is 0 Å². The second kappa shape index (κ2) is 5.90. The van der Waals surface area contributed by atoms with Crippen molar-refractivity contribution >= 4 is 27.3 Å². The summed E-state index contributed by atoms with van der Waals surface area (Å²) in [6.45, 7) is 8.86. The molecule has 0 aliphatic rings. The van der Waals surface area contributed by atoms with Crippen molar-refractivity contribution in [1.29, 1.82) is 0 Å². The molecule has 1 atom stereocenters. The Hall–Kier alpha value is -0.800. The molecular formula is C17H21BrOS. The molecule has 0 N–H and O–H groups in total. The van der Waals surface area contributed by atoms with E-state index in [0.717, 1.165) is 5.75 Å². The van der Waals surface area contributed by atoms with E-state index in [1.807, 2.05) is 17.4 Å². The van der Waals surface area contributed by atoms with E-state index >= 15 is 0 Å². The van der Waals surface area contributed by atoms with Crippen molar-refractivity contribution in [3.05, 3.63) is 51.2 Å². The predicted molar refractivity (Wildman–Crippen MR) is 91.5 cm³/mol. The minimum absolute atomic E-state index is 0.179. The summed E-state index contributed by atoms with van der Waals surface area (Å²) >= 11 is 5.70. The average Bonchev–Trinajstić information content (AvgIpc) is 2.87. The van der Waals surface area contributed by atoms with Crippen LogP contribution in [-0.2, 0) is 5.41 Å². The fourth-order valence-electron chi connectivity index (χ4n) is 2.10. The zero-order valence-corrected chi connectivity index (χ0v) is 15.1. The van der Waals surface area contributed by atoms with Crippen molar-refractivity contribution in [3.8, 4) is 5.75 Å². The first-order valence-electron chi connectivity index (χ1n) is 6.71. The van der Waals surface area contributed by atoms with Crippen LogP contribution in [-0.4, -0.2) is 7.11 Å². The summed E-state index contributed by atoms with van der Waals surface area (Å²) in [6, 6.07) is 10.8. The van der Waals surface area contributed by atoms with Crippen LogP contribution in [0.1, 0.15) is 46.5 Å². The number of hydrogen-bond acceptors (Lipinski definition) is 2. The topological polar surface area (TPSA) is 9.23 Å². The van der Waals surface area contributed by atoms with E-state index in [4.69, 9.17) is 4.74 Å². The van der Waals surface area contributed by atoms with Gasteiger partial charge in [0.25, 0.3) is 0 Å². The number of alkyl halides is 1. The van der Waals surface area contributed by atoms with Crippen molar-refractivity contribution in [1.82, 2.24) is 0 Å². The standard InChI is InChI=1S/C17H21BrOS/c1-11-6-7-13(19-5)12(10-11)16(18)14-8-9-15(20-14)17(2,3)4/h6-10,16H,1-5H3. The number of ether oxygens (including phenoxy) is 1. The Morgan fingerprint density at radius 2 is 1.85 bits per heavy atom. The third-order valence-electron chi connectivity index (χ3n) is 3.27. The van der Waals surface area contributed by atoms with E-state index in [1.165, 1.54) is 20.9 Å². The molecule has 1 heterocycles. The number of benzene rings is 1. The summed E-state index contributed by atoms with van der Waals surface area (Å²) in [4.78, 5) is 2.90. The molecule has 1 aromatic heterocycles. The molecule has 0 fully saturated rings. The summed E-state index contributed by atoms with van der Waals surface area (Å²) in [7, 11) is 1.73. The van der Waals surface area contributed by atoms with Crippen molar-refractivity contribution in [3.63, 3.8) is 0 Å². The monoisotopic (exact) mass is 352 g/mol. The lowest BCUT2D eigenvalue weighted by molar-refractivity contribution is 0.410. The van der Waals surface area contributed by atoms with Gasteiger partial charge in [-0.25, -0.2) is 0 Å². The first-order chi connectivity index (χ1) is 9.32. The quantitative estimate of drug-likeness (QED) is 0.629. The smallest absolute Gasteiger partial charge is 0.123 e. The summed E-state index contributed by atoms with van der Waals surface area (Å²) < 4.78 is 5.49. The Labute approximate surface area is 134 Å². The summed E-state index contributed by atoms with van der Waals surface area (Å²) in [6.07, 6.45) is 0. The van der Waals surface area contributed by atoms with E-state index in [0.29, 0.717) is 0 Å². The fraction of sp³-hybridized carbons (Fsp3) is 0.412. The average molecular weight is 353 g/mol. The molecule has 20 heavy (non-hydrogen) atoms. The Morgan fingerprint density at radius 3 is 2.40 bits per heavy atom. The van der Waals surface area contributed by atoms with Crippen LogP contribution in [0.25, 0.3) is 0 Å². The summed E-state index contributed by atoms with van der Waals surface area (Å²) in [5.41, 5.74) is 2.64. The second-order valence-electron chi connectivity index (χ2n) is 6.06. The molecular weight excluding hydrogens is 332 g/mol. The lowest BCUT2D eigenvalue weighted by Crippen LogP contribution is -2.07. The summed E-state index contributed by atoms with van der Waals surface area (Å²) in [5, 5.41) is 0. The molecule has 1 unspecified atom stereocenters. The molecule has 3 heteroatoms. The van der Waals surface area contributed by atoms with Gasteiger partial charge < -0.3 is 4.74 Å².